The van der Waals surface area contributed by atoms with Gasteiger partial charge in [-0.3, -0.25) is 0 Å². The molecule has 0 spiro atoms. The smallest absolute Gasteiger partial charge is 0.164 e. The van der Waals surface area contributed by atoms with Gasteiger partial charge in [0.25, 0.3) is 0 Å². The average Bonchev–Trinajstić information content (AvgIpc) is 3.87. The molecular formula is C53H31N3O2. The van der Waals surface area contributed by atoms with Crippen molar-refractivity contribution in [3.63, 3.8) is 0 Å². The number of hydrogen-bond donors (Lipinski definition) is 0. The Bertz CT molecular complexity index is 3580. The predicted molar refractivity (Wildman–Crippen MR) is 237 cm³/mol. The van der Waals surface area contributed by atoms with Crippen molar-refractivity contribution >= 4 is 65.4 Å². The van der Waals surface area contributed by atoms with Gasteiger partial charge in [-0.05, 0) is 92.3 Å². The van der Waals surface area contributed by atoms with Crippen molar-refractivity contribution < 1.29 is 8.83 Å². The molecule has 0 fully saturated rings. The van der Waals surface area contributed by atoms with Crippen LogP contribution >= 0.6 is 0 Å². The third-order valence-corrected chi connectivity index (χ3v) is 11.3. The molecular weight excluding hydrogens is 711 g/mol. The number of fused-ring (bicyclic) bond motifs is 9. The van der Waals surface area contributed by atoms with Crippen molar-refractivity contribution in [1.29, 1.82) is 0 Å². The summed E-state index contributed by atoms with van der Waals surface area (Å²) in [6.45, 7) is 0. The molecule has 0 aliphatic rings. The first kappa shape index (κ1) is 32.4. The first-order chi connectivity index (χ1) is 28.7. The highest BCUT2D eigenvalue weighted by Crippen LogP contribution is 2.41. The molecule has 0 aliphatic carbocycles. The second-order valence-corrected chi connectivity index (χ2v) is 14.8. The molecule has 3 heterocycles. The fourth-order valence-corrected chi connectivity index (χ4v) is 8.47. The van der Waals surface area contributed by atoms with Crippen LogP contribution in [-0.2, 0) is 0 Å². The molecule has 0 amide bonds. The third kappa shape index (κ3) is 5.29. The van der Waals surface area contributed by atoms with E-state index in [2.05, 4.69) is 170 Å². The van der Waals surface area contributed by atoms with Crippen LogP contribution in [-0.4, -0.2) is 15.0 Å². The first-order valence-electron chi connectivity index (χ1n) is 19.4. The molecule has 3 aromatic heterocycles. The van der Waals surface area contributed by atoms with Gasteiger partial charge in [-0.2, -0.15) is 0 Å². The van der Waals surface area contributed by atoms with Crippen molar-refractivity contribution in [2.24, 2.45) is 0 Å². The van der Waals surface area contributed by atoms with Crippen molar-refractivity contribution in [3.05, 3.63) is 188 Å². The molecule has 5 heteroatoms. The Morgan fingerprint density at radius 3 is 1.60 bits per heavy atom. The van der Waals surface area contributed by atoms with Crippen molar-refractivity contribution in [2.75, 3.05) is 0 Å². The largest absolute Gasteiger partial charge is 0.456 e. The van der Waals surface area contributed by atoms with Crippen molar-refractivity contribution in [1.82, 2.24) is 15.0 Å². The molecule has 12 rings (SSSR count). The number of rotatable bonds is 5. The van der Waals surface area contributed by atoms with Crippen LogP contribution < -0.4 is 0 Å². The molecule has 0 N–H and O–H groups in total. The minimum Gasteiger partial charge on any atom is -0.456 e. The molecule has 0 saturated heterocycles. The van der Waals surface area contributed by atoms with Gasteiger partial charge in [0, 0.05) is 38.2 Å². The molecule has 0 saturated carbocycles. The number of aromatic nitrogens is 3. The Balaban J connectivity index is 1.05. The number of nitrogens with zero attached hydrogens (tertiary/aromatic N) is 3. The number of benzene rings is 9. The fraction of sp³-hybridized carbons (Fsp3) is 0. The van der Waals surface area contributed by atoms with Gasteiger partial charge in [0.15, 0.2) is 17.5 Å². The van der Waals surface area contributed by atoms with E-state index in [1.807, 2.05) is 18.2 Å². The Labute approximate surface area is 332 Å². The maximum atomic E-state index is 6.53. The summed E-state index contributed by atoms with van der Waals surface area (Å²) in [6, 6.07) is 65.2. The minimum atomic E-state index is 0.579. The summed E-state index contributed by atoms with van der Waals surface area (Å²) in [6.07, 6.45) is 0. The van der Waals surface area contributed by atoms with Crippen LogP contribution in [0, 0.1) is 0 Å². The van der Waals surface area contributed by atoms with Gasteiger partial charge in [0.05, 0.1) is 0 Å². The topological polar surface area (TPSA) is 65.0 Å². The van der Waals surface area contributed by atoms with E-state index in [9.17, 15) is 0 Å². The van der Waals surface area contributed by atoms with Gasteiger partial charge in [0.2, 0.25) is 0 Å². The molecule has 0 bridgehead atoms. The van der Waals surface area contributed by atoms with Crippen LogP contribution in [0.15, 0.2) is 197 Å². The highest BCUT2D eigenvalue weighted by molar-refractivity contribution is 6.19. The summed E-state index contributed by atoms with van der Waals surface area (Å²) in [5.41, 5.74) is 10.4. The Kier molecular flexibility index (Phi) is 7.16. The van der Waals surface area contributed by atoms with E-state index in [1.54, 1.807) is 0 Å². The van der Waals surface area contributed by atoms with Crippen molar-refractivity contribution in [3.8, 4) is 56.4 Å². The lowest BCUT2D eigenvalue weighted by atomic mass is 9.98. The molecule has 0 atom stereocenters. The zero-order valence-electron chi connectivity index (χ0n) is 31.1. The average molecular weight is 742 g/mol. The van der Waals surface area contributed by atoms with E-state index in [-0.39, 0.29) is 0 Å². The van der Waals surface area contributed by atoms with Gasteiger partial charge in [-0.1, -0.05) is 140 Å². The van der Waals surface area contributed by atoms with Crippen LogP contribution in [0.1, 0.15) is 0 Å². The van der Waals surface area contributed by atoms with Crippen LogP contribution in [0.5, 0.6) is 0 Å². The zero-order valence-corrected chi connectivity index (χ0v) is 31.1. The lowest BCUT2D eigenvalue weighted by molar-refractivity contribution is 0.668. The van der Waals surface area contributed by atoms with E-state index in [4.69, 9.17) is 23.8 Å². The summed E-state index contributed by atoms with van der Waals surface area (Å²) in [4.78, 5) is 15.6. The Morgan fingerprint density at radius 2 is 0.810 bits per heavy atom. The van der Waals surface area contributed by atoms with Gasteiger partial charge in [0.1, 0.15) is 22.3 Å². The summed E-state index contributed by atoms with van der Waals surface area (Å²) in [5.74, 6) is 1.79. The molecule has 58 heavy (non-hydrogen) atoms. The van der Waals surface area contributed by atoms with E-state index in [0.29, 0.717) is 17.5 Å². The normalized spacial score (nSPS) is 11.8. The number of furan rings is 2. The first-order valence-corrected chi connectivity index (χ1v) is 19.4. The maximum absolute atomic E-state index is 6.53. The standard InChI is InChI=1S/C53H31N3O2/c1-2-10-32(11-3-1)36-15-8-16-39(28-36)51-54-52(40-21-20-33-12-4-5-14-35(33)29-40)56-53(55-51)42-18-9-19-47-50(42)44-31-38(24-26-46(44)57-47)37-23-25-45-43(30-37)49-41-17-7-6-13-34(41)22-27-48(49)58-45/h1-31H. The van der Waals surface area contributed by atoms with Gasteiger partial charge >= 0.3 is 0 Å². The molecule has 270 valence electrons. The molecule has 0 radical (unpaired) electrons. The lowest BCUT2D eigenvalue weighted by Gasteiger charge is -2.11. The van der Waals surface area contributed by atoms with Crippen LogP contribution in [0.25, 0.3) is 122 Å². The SMILES string of the molecule is c1ccc(-c2cccc(-c3nc(-c4ccc5ccccc5c4)nc(-c4cccc5oc6ccc(-c7ccc8oc9ccc%10ccccc%10c9c8c7)cc6c45)n3)c2)cc1. The molecule has 12 aromatic rings. The van der Waals surface area contributed by atoms with E-state index >= 15 is 0 Å². The highest BCUT2D eigenvalue weighted by Gasteiger charge is 2.20. The van der Waals surface area contributed by atoms with E-state index in [0.717, 1.165) is 93.6 Å². The highest BCUT2D eigenvalue weighted by atomic mass is 16.3. The van der Waals surface area contributed by atoms with Gasteiger partial charge in [-0.15, -0.1) is 0 Å². The minimum absolute atomic E-state index is 0.579. The van der Waals surface area contributed by atoms with Gasteiger partial charge in [-0.25, -0.2) is 15.0 Å². The van der Waals surface area contributed by atoms with Crippen LogP contribution in [0.4, 0.5) is 0 Å². The second kappa shape index (κ2) is 12.8. The van der Waals surface area contributed by atoms with Crippen LogP contribution in [0.2, 0.25) is 0 Å². The summed E-state index contributed by atoms with van der Waals surface area (Å²) in [5, 5.41) is 8.84. The molecule has 5 nitrogen and oxygen atoms in total. The molecule has 0 unspecified atom stereocenters. The second-order valence-electron chi connectivity index (χ2n) is 14.8. The number of hydrogen-bond acceptors (Lipinski definition) is 5. The lowest BCUT2D eigenvalue weighted by Crippen LogP contribution is -2.00. The maximum Gasteiger partial charge on any atom is 0.164 e. The van der Waals surface area contributed by atoms with E-state index < -0.39 is 0 Å². The van der Waals surface area contributed by atoms with Gasteiger partial charge < -0.3 is 8.83 Å². The predicted octanol–water partition coefficient (Wildman–Crippen LogP) is 14.3. The monoisotopic (exact) mass is 741 g/mol. The van der Waals surface area contributed by atoms with E-state index in [1.165, 1.54) is 10.8 Å². The van der Waals surface area contributed by atoms with Crippen LogP contribution in [0.3, 0.4) is 0 Å². The summed E-state index contributed by atoms with van der Waals surface area (Å²) in [7, 11) is 0. The summed E-state index contributed by atoms with van der Waals surface area (Å²) < 4.78 is 12.9. The zero-order chi connectivity index (χ0) is 38.2. The summed E-state index contributed by atoms with van der Waals surface area (Å²) >= 11 is 0. The Hall–Kier alpha value is -7.89. The molecule has 9 aromatic carbocycles. The molecule has 0 aliphatic heterocycles. The fourth-order valence-electron chi connectivity index (χ4n) is 8.47. The Morgan fingerprint density at radius 1 is 0.276 bits per heavy atom. The third-order valence-electron chi connectivity index (χ3n) is 11.3. The quantitative estimate of drug-likeness (QED) is 0.176. The van der Waals surface area contributed by atoms with Crippen molar-refractivity contribution in [2.45, 2.75) is 0 Å².